The molecule has 0 saturated carbocycles. The summed E-state index contributed by atoms with van der Waals surface area (Å²) in [5, 5.41) is 2.57. The molecule has 1 heterocycles. The SMILES string of the molecule is CCNC(=O)C(C)OC(=O)c1[nH]c(C)c(C(=O)OC(C)C)c1C. The van der Waals surface area contributed by atoms with Crippen LogP contribution in [0.25, 0.3) is 0 Å². The third-order valence-corrected chi connectivity index (χ3v) is 3.19. The van der Waals surface area contributed by atoms with Crippen molar-refractivity contribution in [3.63, 3.8) is 0 Å². The molecule has 0 aliphatic rings. The van der Waals surface area contributed by atoms with E-state index in [0.717, 1.165) is 0 Å². The van der Waals surface area contributed by atoms with Crippen LogP contribution in [0, 0.1) is 13.8 Å². The summed E-state index contributed by atoms with van der Waals surface area (Å²) in [6, 6.07) is 0. The fourth-order valence-electron chi connectivity index (χ4n) is 2.12. The van der Waals surface area contributed by atoms with Gasteiger partial charge in [0.05, 0.1) is 11.7 Å². The number of aryl methyl sites for hydroxylation is 1. The van der Waals surface area contributed by atoms with Gasteiger partial charge in [0.15, 0.2) is 6.10 Å². The van der Waals surface area contributed by atoms with E-state index in [1.54, 1.807) is 34.6 Å². The van der Waals surface area contributed by atoms with Crippen molar-refractivity contribution < 1.29 is 23.9 Å². The zero-order valence-electron chi connectivity index (χ0n) is 14.4. The van der Waals surface area contributed by atoms with Crippen molar-refractivity contribution in [3.05, 3.63) is 22.5 Å². The molecule has 7 heteroatoms. The molecule has 0 fully saturated rings. The molecule has 23 heavy (non-hydrogen) atoms. The predicted molar refractivity (Wildman–Crippen MR) is 84.4 cm³/mol. The lowest BCUT2D eigenvalue weighted by Crippen LogP contribution is -2.35. The van der Waals surface area contributed by atoms with Crippen LogP contribution in [-0.4, -0.2) is 41.6 Å². The van der Waals surface area contributed by atoms with Gasteiger partial charge in [0, 0.05) is 12.2 Å². The maximum Gasteiger partial charge on any atom is 0.355 e. The molecule has 1 aromatic heterocycles. The molecular formula is C16H24N2O5. The number of ether oxygens (including phenoxy) is 2. The van der Waals surface area contributed by atoms with Crippen LogP contribution in [0.4, 0.5) is 0 Å². The van der Waals surface area contributed by atoms with Gasteiger partial charge in [0.1, 0.15) is 5.69 Å². The van der Waals surface area contributed by atoms with Gasteiger partial charge in [-0.3, -0.25) is 4.79 Å². The van der Waals surface area contributed by atoms with Crippen LogP contribution in [0.1, 0.15) is 59.8 Å². The van der Waals surface area contributed by atoms with Crippen LogP contribution in [0.5, 0.6) is 0 Å². The van der Waals surface area contributed by atoms with Crippen molar-refractivity contribution in [1.29, 1.82) is 0 Å². The zero-order chi connectivity index (χ0) is 17.7. The van der Waals surface area contributed by atoms with Gasteiger partial charge < -0.3 is 19.8 Å². The first kappa shape index (κ1) is 18.7. The Balaban J connectivity index is 2.95. The second-order valence-electron chi connectivity index (χ2n) is 5.52. The monoisotopic (exact) mass is 324 g/mol. The molecule has 1 rings (SSSR count). The minimum Gasteiger partial charge on any atom is -0.459 e. The lowest BCUT2D eigenvalue weighted by molar-refractivity contribution is -0.128. The number of aromatic nitrogens is 1. The van der Waals surface area contributed by atoms with Crippen molar-refractivity contribution in [1.82, 2.24) is 10.3 Å². The maximum absolute atomic E-state index is 12.2. The second-order valence-corrected chi connectivity index (χ2v) is 5.52. The number of hydrogen-bond donors (Lipinski definition) is 2. The molecule has 0 aliphatic carbocycles. The average molecular weight is 324 g/mol. The van der Waals surface area contributed by atoms with E-state index in [2.05, 4.69) is 10.3 Å². The number of H-pyrrole nitrogens is 1. The van der Waals surface area contributed by atoms with Gasteiger partial charge in [-0.1, -0.05) is 0 Å². The van der Waals surface area contributed by atoms with Gasteiger partial charge in [0.25, 0.3) is 5.91 Å². The number of esters is 2. The van der Waals surface area contributed by atoms with Gasteiger partial charge in [-0.05, 0) is 47.1 Å². The molecule has 7 nitrogen and oxygen atoms in total. The largest absolute Gasteiger partial charge is 0.459 e. The minimum absolute atomic E-state index is 0.148. The summed E-state index contributed by atoms with van der Waals surface area (Å²) in [5.41, 5.74) is 1.43. The summed E-state index contributed by atoms with van der Waals surface area (Å²) in [6.45, 7) is 10.5. The third kappa shape index (κ3) is 4.58. The molecule has 1 aromatic rings. The third-order valence-electron chi connectivity index (χ3n) is 3.19. The van der Waals surface area contributed by atoms with E-state index in [-0.39, 0.29) is 17.7 Å². The van der Waals surface area contributed by atoms with E-state index < -0.39 is 18.0 Å². The van der Waals surface area contributed by atoms with E-state index in [9.17, 15) is 14.4 Å². The number of carbonyl (C=O) groups excluding carboxylic acids is 3. The molecule has 0 bridgehead atoms. The average Bonchev–Trinajstić information content (AvgIpc) is 2.73. The predicted octanol–water partition coefficient (Wildman–Crippen LogP) is 1.88. The number of hydrogen-bond acceptors (Lipinski definition) is 5. The van der Waals surface area contributed by atoms with Crippen LogP contribution in [0.3, 0.4) is 0 Å². The second kappa shape index (κ2) is 7.80. The fourth-order valence-corrected chi connectivity index (χ4v) is 2.12. The minimum atomic E-state index is -0.920. The van der Waals surface area contributed by atoms with E-state index >= 15 is 0 Å². The van der Waals surface area contributed by atoms with Crippen molar-refractivity contribution in [2.24, 2.45) is 0 Å². The number of rotatable bonds is 6. The Labute approximate surface area is 135 Å². The molecular weight excluding hydrogens is 300 g/mol. The molecule has 0 spiro atoms. The van der Waals surface area contributed by atoms with Crippen molar-refractivity contribution >= 4 is 17.8 Å². The highest BCUT2D eigenvalue weighted by molar-refractivity contribution is 5.99. The molecule has 128 valence electrons. The number of likely N-dealkylation sites (N-methyl/N-ethyl adjacent to an activating group) is 1. The number of amides is 1. The van der Waals surface area contributed by atoms with Crippen LogP contribution in [0.15, 0.2) is 0 Å². The molecule has 1 atom stereocenters. The Morgan fingerprint density at radius 3 is 2.22 bits per heavy atom. The Morgan fingerprint density at radius 2 is 1.70 bits per heavy atom. The van der Waals surface area contributed by atoms with E-state index in [1.807, 2.05) is 0 Å². The molecule has 0 radical (unpaired) electrons. The summed E-state index contributed by atoms with van der Waals surface area (Å²) in [4.78, 5) is 38.8. The fraction of sp³-hybridized carbons (Fsp3) is 0.562. The van der Waals surface area contributed by atoms with Gasteiger partial charge in [-0.2, -0.15) is 0 Å². The molecule has 1 unspecified atom stereocenters. The molecule has 0 aliphatic heterocycles. The highest BCUT2D eigenvalue weighted by atomic mass is 16.6. The lowest BCUT2D eigenvalue weighted by atomic mass is 10.1. The van der Waals surface area contributed by atoms with Crippen LogP contribution in [-0.2, 0) is 14.3 Å². The highest BCUT2D eigenvalue weighted by Crippen LogP contribution is 2.20. The quantitative estimate of drug-likeness (QED) is 0.779. The topological polar surface area (TPSA) is 97.5 Å². The summed E-state index contributed by atoms with van der Waals surface area (Å²) in [5.74, 6) is -1.56. The molecule has 1 amide bonds. The van der Waals surface area contributed by atoms with E-state index in [1.165, 1.54) is 6.92 Å². The first-order valence-corrected chi connectivity index (χ1v) is 7.57. The highest BCUT2D eigenvalue weighted by Gasteiger charge is 2.26. The standard InChI is InChI=1S/C16H24N2O5/c1-7-17-14(19)11(6)23-16(21)13-9(4)12(10(5)18-13)15(20)22-8(2)3/h8,11,18H,7H2,1-6H3,(H,17,19). The molecule has 0 saturated heterocycles. The molecule has 0 aromatic carbocycles. The summed E-state index contributed by atoms with van der Waals surface area (Å²) in [6.07, 6.45) is -1.18. The zero-order valence-corrected chi connectivity index (χ0v) is 14.4. The summed E-state index contributed by atoms with van der Waals surface area (Å²) < 4.78 is 10.3. The van der Waals surface area contributed by atoms with Gasteiger partial charge in [-0.15, -0.1) is 0 Å². The van der Waals surface area contributed by atoms with Gasteiger partial charge in [0.2, 0.25) is 0 Å². The van der Waals surface area contributed by atoms with Crippen LogP contribution < -0.4 is 5.32 Å². The van der Waals surface area contributed by atoms with Gasteiger partial charge in [-0.25, -0.2) is 9.59 Å². The van der Waals surface area contributed by atoms with Crippen molar-refractivity contribution in [2.75, 3.05) is 6.54 Å². The maximum atomic E-state index is 12.2. The first-order chi connectivity index (χ1) is 10.7. The number of aromatic amines is 1. The Morgan fingerprint density at radius 1 is 1.09 bits per heavy atom. The van der Waals surface area contributed by atoms with E-state index in [4.69, 9.17) is 9.47 Å². The molecule has 2 N–H and O–H groups in total. The summed E-state index contributed by atoms with van der Waals surface area (Å²) >= 11 is 0. The van der Waals surface area contributed by atoms with Crippen molar-refractivity contribution in [3.8, 4) is 0 Å². The normalized spacial score (nSPS) is 12.0. The number of nitrogens with one attached hydrogen (secondary N) is 2. The Bertz CT molecular complexity index is 604. The van der Waals surface area contributed by atoms with Crippen LogP contribution in [0.2, 0.25) is 0 Å². The Hall–Kier alpha value is -2.31. The Kier molecular flexibility index (Phi) is 6.36. The summed E-state index contributed by atoms with van der Waals surface area (Å²) in [7, 11) is 0. The lowest BCUT2D eigenvalue weighted by Gasteiger charge is -2.12. The van der Waals surface area contributed by atoms with Crippen molar-refractivity contribution in [2.45, 2.75) is 53.8 Å². The number of carbonyl (C=O) groups is 3. The van der Waals surface area contributed by atoms with Crippen LogP contribution >= 0.6 is 0 Å². The first-order valence-electron chi connectivity index (χ1n) is 7.57. The van der Waals surface area contributed by atoms with E-state index in [0.29, 0.717) is 23.4 Å². The smallest absolute Gasteiger partial charge is 0.355 e. The van der Waals surface area contributed by atoms with Gasteiger partial charge >= 0.3 is 11.9 Å².